The van der Waals surface area contributed by atoms with Gasteiger partial charge >= 0.3 is 0 Å². The summed E-state index contributed by atoms with van der Waals surface area (Å²) >= 11 is 4.89. The lowest BCUT2D eigenvalue weighted by atomic mass is 10.1. The molecule has 0 aliphatic carbocycles. The Morgan fingerprint density at radius 1 is 1.33 bits per heavy atom. The number of hydrogen-bond donors (Lipinski definition) is 0. The molecule has 1 aromatic carbocycles. The van der Waals surface area contributed by atoms with Crippen LogP contribution in [0.3, 0.4) is 0 Å². The molecule has 1 atom stereocenters. The van der Waals surface area contributed by atoms with Crippen molar-refractivity contribution in [1.29, 1.82) is 0 Å². The number of hydrogen-bond acceptors (Lipinski definition) is 1. The number of carbonyl (C=O) groups is 1. The van der Waals surface area contributed by atoms with Crippen LogP contribution >= 0.6 is 11.6 Å². The molecule has 0 saturated carbocycles. The van der Waals surface area contributed by atoms with E-state index in [9.17, 15) is 13.6 Å². The van der Waals surface area contributed by atoms with Crippen molar-refractivity contribution < 1.29 is 13.6 Å². The van der Waals surface area contributed by atoms with Gasteiger partial charge in [-0.15, -0.1) is 0 Å². The first kappa shape index (κ1) is 9.13. The number of carbonyl (C=O) groups excluding carboxylic acids is 1. The lowest BCUT2D eigenvalue weighted by molar-refractivity contribution is 0.0934. The van der Waals surface area contributed by atoms with Crippen molar-refractivity contribution in [3.05, 3.63) is 35.6 Å². The molecule has 0 radical (unpaired) electrons. The molecule has 0 N–H and O–H groups in total. The van der Waals surface area contributed by atoms with Gasteiger partial charge in [-0.05, 0) is 24.3 Å². The summed E-state index contributed by atoms with van der Waals surface area (Å²) in [5.74, 6) is -1.33. The molecule has 0 saturated heterocycles. The summed E-state index contributed by atoms with van der Waals surface area (Å²) in [5.41, 5.74) is -1.99. The normalized spacial score (nSPS) is 12.6. The van der Waals surface area contributed by atoms with Gasteiger partial charge in [-0.3, -0.25) is 4.79 Å². The Morgan fingerprint density at radius 3 is 2.25 bits per heavy atom. The predicted molar refractivity (Wildman–Crippen MR) is 41.5 cm³/mol. The van der Waals surface area contributed by atoms with Crippen LogP contribution in [0.25, 0.3) is 0 Å². The van der Waals surface area contributed by atoms with Crippen LogP contribution in [0.15, 0.2) is 24.3 Å². The Morgan fingerprint density at radius 2 is 1.83 bits per heavy atom. The summed E-state index contributed by atoms with van der Waals surface area (Å²) < 4.78 is 24.5. The Kier molecular flexibility index (Phi) is 2.76. The molecular weight excluding hydrogens is 186 g/mol. The number of ketones is 1. The average Bonchev–Trinajstić information content (AvgIpc) is 2.04. The minimum Gasteiger partial charge on any atom is -0.289 e. The number of Topliss-reactive ketones (excluding diaryl/α,β-unsaturated/α-hetero) is 1. The molecule has 0 fully saturated rings. The van der Waals surface area contributed by atoms with Gasteiger partial charge in [0.25, 0.3) is 0 Å². The predicted octanol–water partition coefficient (Wildman–Crippen LogP) is 2.54. The molecule has 1 rings (SSSR count). The average molecular weight is 191 g/mol. The second-order valence-electron chi connectivity index (χ2n) is 2.17. The molecule has 12 heavy (non-hydrogen) atoms. The summed E-state index contributed by atoms with van der Waals surface area (Å²) in [4.78, 5) is 10.8. The van der Waals surface area contributed by atoms with Crippen molar-refractivity contribution >= 4 is 17.4 Å². The van der Waals surface area contributed by atoms with Crippen LogP contribution in [0.5, 0.6) is 0 Å². The van der Waals surface area contributed by atoms with E-state index in [1.807, 2.05) is 0 Å². The van der Waals surface area contributed by atoms with Crippen molar-refractivity contribution in [2.24, 2.45) is 0 Å². The van der Waals surface area contributed by atoms with Crippen LogP contribution in [0.4, 0.5) is 8.78 Å². The Hall–Kier alpha value is -0.960. The molecule has 1 aromatic rings. The third-order valence-corrected chi connectivity index (χ3v) is 1.53. The maximum Gasteiger partial charge on any atom is 0.235 e. The summed E-state index contributed by atoms with van der Waals surface area (Å²) in [6, 6.07) is 4.53. The molecule has 0 aliphatic rings. The number of alkyl halides is 2. The highest BCUT2D eigenvalue weighted by Crippen LogP contribution is 2.10. The molecular formula is C8H5ClF2O. The number of rotatable bonds is 2. The van der Waals surface area contributed by atoms with Crippen LogP contribution in [0.1, 0.15) is 10.4 Å². The molecule has 1 unspecified atom stereocenters. The minimum atomic E-state index is -2.06. The molecule has 0 aliphatic heterocycles. The topological polar surface area (TPSA) is 17.1 Å². The van der Waals surface area contributed by atoms with Gasteiger partial charge in [0.15, 0.2) is 0 Å². The lowest BCUT2D eigenvalue weighted by Gasteiger charge is -1.98. The monoisotopic (exact) mass is 190 g/mol. The quantitative estimate of drug-likeness (QED) is 0.518. The highest BCUT2D eigenvalue weighted by atomic mass is 35.5. The largest absolute Gasteiger partial charge is 0.289 e. The van der Waals surface area contributed by atoms with Crippen LogP contribution in [-0.2, 0) is 0 Å². The van der Waals surface area contributed by atoms with E-state index < -0.39 is 17.2 Å². The molecule has 4 heteroatoms. The van der Waals surface area contributed by atoms with Gasteiger partial charge < -0.3 is 0 Å². The van der Waals surface area contributed by atoms with Crippen LogP contribution < -0.4 is 0 Å². The van der Waals surface area contributed by atoms with Crippen molar-refractivity contribution in [3.63, 3.8) is 0 Å². The molecule has 0 amide bonds. The Balaban J connectivity index is 2.90. The maximum absolute atomic E-state index is 12.3. The minimum absolute atomic E-state index is 0.0684. The van der Waals surface area contributed by atoms with Gasteiger partial charge in [-0.1, -0.05) is 11.6 Å². The zero-order valence-corrected chi connectivity index (χ0v) is 6.68. The van der Waals surface area contributed by atoms with E-state index in [2.05, 4.69) is 0 Å². The fraction of sp³-hybridized carbons (Fsp3) is 0.125. The summed E-state index contributed by atoms with van der Waals surface area (Å²) in [5, 5.41) is 0. The molecule has 64 valence electrons. The van der Waals surface area contributed by atoms with E-state index in [0.717, 1.165) is 12.1 Å². The molecule has 0 heterocycles. The van der Waals surface area contributed by atoms with E-state index >= 15 is 0 Å². The van der Waals surface area contributed by atoms with Gasteiger partial charge in [-0.25, -0.2) is 8.78 Å². The highest BCUT2D eigenvalue weighted by Gasteiger charge is 2.15. The van der Waals surface area contributed by atoms with E-state index in [4.69, 9.17) is 11.6 Å². The summed E-state index contributed by atoms with van der Waals surface area (Å²) in [6.45, 7) is 0. The SMILES string of the molecule is O=C(c1ccc(F)cc1)C(F)Cl. The Labute approximate surface area is 73.0 Å². The maximum atomic E-state index is 12.3. The first-order valence-electron chi connectivity index (χ1n) is 3.19. The second kappa shape index (κ2) is 3.63. The zero-order chi connectivity index (χ0) is 9.14. The fourth-order valence-electron chi connectivity index (χ4n) is 0.740. The smallest absolute Gasteiger partial charge is 0.235 e. The van der Waals surface area contributed by atoms with E-state index in [1.165, 1.54) is 12.1 Å². The summed E-state index contributed by atoms with van der Waals surface area (Å²) in [6.07, 6.45) is 0. The van der Waals surface area contributed by atoms with Gasteiger partial charge in [-0.2, -0.15) is 0 Å². The van der Waals surface area contributed by atoms with E-state index in [1.54, 1.807) is 0 Å². The summed E-state index contributed by atoms with van der Waals surface area (Å²) in [7, 11) is 0. The Bertz CT molecular complexity index is 282. The lowest BCUT2D eigenvalue weighted by Crippen LogP contribution is -2.08. The second-order valence-corrected chi connectivity index (χ2v) is 2.56. The van der Waals surface area contributed by atoms with Crippen molar-refractivity contribution in [2.75, 3.05) is 0 Å². The first-order valence-corrected chi connectivity index (χ1v) is 3.63. The first-order chi connectivity index (χ1) is 5.61. The molecule has 0 bridgehead atoms. The van der Waals surface area contributed by atoms with Crippen molar-refractivity contribution in [1.82, 2.24) is 0 Å². The third-order valence-electron chi connectivity index (χ3n) is 1.33. The van der Waals surface area contributed by atoms with E-state index in [0.29, 0.717) is 0 Å². The highest BCUT2D eigenvalue weighted by molar-refractivity contribution is 6.32. The van der Waals surface area contributed by atoms with Crippen LogP contribution in [0.2, 0.25) is 0 Å². The van der Waals surface area contributed by atoms with Gasteiger partial charge in [0.2, 0.25) is 11.4 Å². The van der Waals surface area contributed by atoms with Gasteiger partial charge in [0.05, 0.1) is 0 Å². The van der Waals surface area contributed by atoms with Gasteiger partial charge in [0, 0.05) is 5.56 Å². The molecule has 1 nitrogen and oxygen atoms in total. The van der Waals surface area contributed by atoms with Crippen molar-refractivity contribution in [2.45, 2.75) is 5.63 Å². The fourth-order valence-corrected chi connectivity index (χ4v) is 0.866. The van der Waals surface area contributed by atoms with Crippen LogP contribution in [0, 0.1) is 5.82 Å². The number of benzene rings is 1. The van der Waals surface area contributed by atoms with Crippen molar-refractivity contribution in [3.8, 4) is 0 Å². The molecule has 0 spiro atoms. The molecule has 0 aromatic heterocycles. The zero-order valence-electron chi connectivity index (χ0n) is 5.93. The van der Waals surface area contributed by atoms with Gasteiger partial charge in [0.1, 0.15) is 5.82 Å². The van der Waals surface area contributed by atoms with Crippen LogP contribution in [-0.4, -0.2) is 11.4 Å². The van der Waals surface area contributed by atoms with E-state index in [-0.39, 0.29) is 5.56 Å². The third kappa shape index (κ3) is 2.01. The standard InChI is InChI=1S/C8H5ClF2O/c9-8(11)7(12)5-1-3-6(10)4-2-5/h1-4,8H. The number of halogens is 3.